The Morgan fingerprint density at radius 2 is 2.29 bits per heavy atom. The van der Waals surface area contributed by atoms with E-state index >= 15 is 0 Å². The first-order chi connectivity index (χ1) is 6.75. The van der Waals surface area contributed by atoms with Crippen LogP contribution in [-0.4, -0.2) is 29.4 Å². The molecular formula is C10H20N3O+. The van der Waals surface area contributed by atoms with Crippen LogP contribution in [0.1, 0.15) is 12.2 Å². The molecule has 80 valence electrons. The topological polar surface area (TPSA) is 41.1 Å². The molecule has 0 spiro atoms. The molecule has 2 N–H and O–H groups in total. The maximum absolute atomic E-state index is 8.56. The molecule has 14 heavy (non-hydrogen) atoms. The number of hydrogen-bond acceptors (Lipinski definition) is 2. The van der Waals surface area contributed by atoms with Gasteiger partial charge in [0.1, 0.15) is 12.4 Å². The lowest BCUT2D eigenvalue weighted by atomic mass is 10.4. The molecular weight excluding hydrogens is 178 g/mol. The fourth-order valence-electron chi connectivity index (χ4n) is 1.41. The minimum absolute atomic E-state index is 0.220. The summed E-state index contributed by atoms with van der Waals surface area (Å²) in [5, 5.41) is 11.7. The molecule has 0 aliphatic carbocycles. The van der Waals surface area contributed by atoms with Gasteiger partial charge in [0, 0.05) is 13.5 Å². The molecule has 0 saturated heterocycles. The summed E-state index contributed by atoms with van der Waals surface area (Å²) < 4.78 is 4.35. The fraction of sp³-hybridized carbons (Fsp3) is 0.700. The van der Waals surface area contributed by atoms with E-state index in [-0.39, 0.29) is 6.61 Å². The minimum atomic E-state index is 0.220. The first kappa shape index (κ1) is 11.2. The van der Waals surface area contributed by atoms with Crippen molar-refractivity contribution in [3.05, 3.63) is 18.2 Å². The van der Waals surface area contributed by atoms with E-state index in [1.807, 2.05) is 0 Å². The standard InChI is InChI=1S/C10H20N3O/c1-10-12(2)7-8-13(10)6-3-4-11-5-9-14/h7-8,11,14H,3-6,9H2,1-2H3/q+1. The number of aromatic nitrogens is 2. The van der Waals surface area contributed by atoms with E-state index in [1.54, 1.807) is 0 Å². The van der Waals surface area contributed by atoms with Gasteiger partial charge >= 0.3 is 0 Å². The average Bonchev–Trinajstić information content (AvgIpc) is 2.49. The Bertz CT molecular complexity index is 270. The maximum Gasteiger partial charge on any atom is 0.253 e. The molecule has 1 aromatic heterocycles. The molecule has 0 fully saturated rings. The van der Waals surface area contributed by atoms with Crippen LogP contribution >= 0.6 is 0 Å². The smallest absolute Gasteiger partial charge is 0.253 e. The molecule has 0 aromatic carbocycles. The Morgan fingerprint density at radius 1 is 1.50 bits per heavy atom. The lowest BCUT2D eigenvalue weighted by molar-refractivity contribution is -0.702. The second-order valence-corrected chi connectivity index (χ2v) is 3.48. The summed E-state index contributed by atoms with van der Waals surface area (Å²) in [7, 11) is 2.05. The molecule has 1 heterocycles. The van der Waals surface area contributed by atoms with Gasteiger partial charge in [-0.05, 0) is 13.0 Å². The Labute approximate surface area is 85.2 Å². The van der Waals surface area contributed by atoms with Crippen LogP contribution in [0.5, 0.6) is 0 Å². The first-order valence-electron chi connectivity index (χ1n) is 5.08. The van der Waals surface area contributed by atoms with Gasteiger partial charge in [-0.1, -0.05) is 0 Å². The Hall–Kier alpha value is -0.870. The van der Waals surface area contributed by atoms with Crippen LogP contribution in [0, 0.1) is 6.92 Å². The van der Waals surface area contributed by atoms with E-state index in [1.165, 1.54) is 5.82 Å². The zero-order chi connectivity index (χ0) is 10.4. The molecule has 0 amide bonds. The van der Waals surface area contributed by atoms with Crippen molar-refractivity contribution < 1.29 is 9.67 Å². The van der Waals surface area contributed by atoms with Crippen molar-refractivity contribution in [2.75, 3.05) is 19.7 Å². The van der Waals surface area contributed by atoms with Crippen LogP contribution in [-0.2, 0) is 13.6 Å². The summed E-state index contributed by atoms with van der Waals surface area (Å²) in [4.78, 5) is 0. The normalized spacial score (nSPS) is 10.8. The molecule has 0 bridgehead atoms. The number of nitrogens with one attached hydrogen (secondary N) is 1. The van der Waals surface area contributed by atoms with Gasteiger partial charge < -0.3 is 10.4 Å². The first-order valence-corrected chi connectivity index (χ1v) is 5.08. The van der Waals surface area contributed by atoms with Gasteiger partial charge in [-0.25, -0.2) is 9.13 Å². The van der Waals surface area contributed by atoms with Crippen molar-refractivity contribution in [3.63, 3.8) is 0 Å². The molecule has 0 unspecified atom stereocenters. The van der Waals surface area contributed by atoms with E-state index in [0.717, 1.165) is 19.5 Å². The molecule has 4 nitrogen and oxygen atoms in total. The maximum atomic E-state index is 8.56. The van der Waals surface area contributed by atoms with Crippen molar-refractivity contribution in [2.45, 2.75) is 19.9 Å². The number of imidazole rings is 1. The van der Waals surface area contributed by atoms with Gasteiger partial charge in [0.2, 0.25) is 0 Å². The van der Waals surface area contributed by atoms with Gasteiger partial charge in [-0.2, -0.15) is 0 Å². The second-order valence-electron chi connectivity index (χ2n) is 3.48. The number of nitrogens with zero attached hydrogens (tertiary/aromatic N) is 2. The third kappa shape index (κ3) is 3.12. The van der Waals surface area contributed by atoms with E-state index in [9.17, 15) is 0 Å². The lowest BCUT2D eigenvalue weighted by Gasteiger charge is -2.01. The van der Waals surface area contributed by atoms with E-state index in [2.05, 4.69) is 40.8 Å². The van der Waals surface area contributed by atoms with Gasteiger partial charge in [-0.15, -0.1) is 0 Å². The summed E-state index contributed by atoms with van der Waals surface area (Å²) >= 11 is 0. The summed E-state index contributed by atoms with van der Waals surface area (Å²) in [5.41, 5.74) is 0. The van der Waals surface area contributed by atoms with Gasteiger partial charge in [0.15, 0.2) is 0 Å². The summed E-state index contributed by atoms with van der Waals surface area (Å²) in [6, 6.07) is 0. The van der Waals surface area contributed by atoms with Crippen molar-refractivity contribution in [1.82, 2.24) is 9.88 Å². The second kappa shape index (κ2) is 5.78. The number of aliphatic hydroxyl groups is 1. The van der Waals surface area contributed by atoms with Crippen LogP contribution in [0.2, 0.25) is 0 Å². The van der Waals surface area contributed by atoms with Crippen LogP contribution in [0.4, 0.5) is 0 Å². The molecule has 1 rings (SSSR count). The molecule has 0 aliphatic rings. The third-order valence-corrected chi connectivity index (χ3v) is 2.44. The van der Waals surface area contributed by atoms with Crippen molar-refractivity contribution in [2.24, 2.45) is 7.05 Å². The minimum Gasteiger partial charge on any atom is -0.395 e. The summed E-state index contributed by atoms with van der Waals surface area (Å²) in [6.07, 6.45) is 5.26. The highest BCUT2D eigenvalue weighted by atomic mass is 16.3. The van der Waals surface area contributed by atoms with Gasteiger partial charge in [0.25, 0.3) is 5.82 Å². The lowest BCUT2D eigenvalue weighted by Crippen LogP contribution is -2.37. The summed E-state index contributed by atoms with van der Waals surface area (Å²) in [5.74, 6) is 1.27. The number of aryl methyl sites for hydroxylation is 2. The number of rotatable bonds is 6. The Balaban J connectivity index is 2.21. The quantitative estimate of drug-likeness (QED) is 0.482. The van der Waals surface area contributed by atoms with Crippen LogP contribution in [0.25, 0.3) is 0 Å². The fourth-order valence-corrected chi connectivity index (χ4v) is 1.41. The highest BCUT2D eigenvalue weighted by Crippen LogP contribution is 1.89. The molecule has 4 heteroatoms. The van der Waals surface area contributed by atoms with Gasteiger partial charge in [-0.3, -0.25) is 0 Å². The highest BCUT2D eigenvalue weighted by molar-refractivity contribution is 4.76. The highest BCUT2D eigenvalue weighted by Gasteiger charge is 2.06. The van der Waals surface area contributed by atoms with Crippen LogP contribution < -0.4 is 9.88 Å². The van der Waals surface area contributed by atoms with Gasteiger partial charge in [0.05, 0.1) is 20.2 Å². The molecule has 0 aliphatic heterocycles. The zero-order valence-electron chi connectivity index (χ0n) is 9.03. The Morgan fingerprint density at radius 3 is 2.86 bits per heavy atom. The zero-order valence-corrected chi connectivity index (χ0v) is 9.03. The summed E-state index contributed by atoms with van der Waals surface area (Å²) in [6.45, 7) is 5.02. The monoisotopic (exact) mass is 198 g/mol. The number of hydrogen-bond donors (Lipinski definition) is 2. The van der Waals surface area contributed by atoms with E-state index in [4.69, 9.17) is 5.11 Å². The largest absolute Gasteiger partial charge is 0.395 e. The molecule has 0 atom stereocenters. The van der Waals surface area contributed by atoms with Crippen molar-refractivity contribution in [3.8, 4) is 0 Å². The predicted octanol–water partition coefficient (Wildman–Crippen LogP) is -0.407. The predicted molar refractivity (Wildman–Crippen MR) is 54.9 cm³/mol. The van der Waals surface area contributed by atoms with Crippen LogP contribution in [0.15, 0.2) is 12.4 Å². The molecule has 0 saturated carbocycles. The number of aliphatic hydroxyl groups excluding tert-OH is 1. The van der Waals surface area contributed by atoms with Crippen molar-refractivity contribution in [1.29, 1.82) is 0 Å². The molecule has 1 aromatic rings. The third-order valence-electron chi connectivity index (χ3n) is 2.44. The van der Waals surface area contributed by atoms with E-state index < -0.39 is 0 Å². The average molecular weight is 198 g/mol. The van der Waals surface area contributed by atoms with Crippen LogP contribution in [0.3, 0.4) is 0 Å². The SMILES string of the molecule is Cc1n(C)cc[n+]1CCCNCCO. The molecule has 0 radical (unpaired) electrons. The Kier molecular flexibility index (Phi) is 4.62. The van der Waals surface area contributed by atoms with E-state index in [0.29, 0.717) is 6.54 Å². The van der Waals surface area contributed by atoms with Crippen molar-refractivity contribution >= 4 is 0 Å².